The van der Waals surface area contributed by atoms with Crippen LogP contribution in [0.3, 0.4) is 0 Å². The molecule has 1 aromatic rings. The Morgan fingerprint density at radius 2 is 2.18 bits per heavy atom. The molecule has 2 rings (SSSR count). The summed E-state index contributed by atoms with van der Waals surface area (Å²) in [5.41, 5.74) is 0.444. The van der Waals surface area contributed by atoms with E-state index in [0.29, 0.717) is 17.7 Å². The van der Waals surface area contributed by atoms with Gasteiger partial charge in [-0.05, 0) is 31.0 Å². The highest BCUT2D eigenvalue weighted by Crippen LogP contribution is 2.30. The predicted octanol–water partition coefficient (Wildman–Crippen LogP) is 1.18. The first-order valence-electron chi connectivity index (χ1n) is 6.47. The zero-order valence-electron chi connectivity index (χ0n) is 12.0. The van der Waals surface area contributed by atoms with Gasteiger partial charge in [0, 0.05) is 6.61 Å². The number of methoxy groups -OCH3 is 1. The monoisotopic (exact) mass is 349 g/mol. The SMILES string of the molecule is COc1cc(C)c(S(=O)(=O)N[C@@H]2CCO[C@@H]2C(=O)O)cc1Cl. The molecule has 1 saturated heterocycles. The van der Waals surface area contributed by atoms with Crippen LogP contribution < -0.4 is 9.46 Å². The lowest BCUT2D eigenvalue weighted by atomic mass is 10.1. The first-order valence-corrected chi connectivity index (χ1v) is 8.33. The molecule has 0 saturated carbocycles. The van der Waals surface area contributed by atoms with Gasteiger partial charge in [-0.1, -0.05) is 11.6 Å². The molecule has 2 N–H and O–H groups in total. The molecule has 9 heteroatoms. The molecule has 1 aromatic carbocycles. The standard InChI is InChI=1S/C13H16ClNO6S/c1-7-5-10(20-2)8(14)6-11(7)22(18,19)15-9-3-4-21-12(9)13(16)17/h5-6,9,12,15H,3-4H2,1-2H3,(H,16,17)/t9-,12+/m1/s1. The summed E-state index contributed by atoms with van der Waals surface area (Å²) in [4.78, 5) is 11.0. The summed E-state index contributed by atoms with van der Waals surface area (Å²) in [7, 11) is -2.49. The zero-order chi connectivity index (χ0) is 16.5. The van der Waals surface area contributed by atoms with E-state index >= 15 is 0 Å². The van der Waals surface area contributed by atoms with Crippen LogP contribution in [-0.2, 0) is 19.6 Å². The number of carboxylic acids is 1. The van der Waals surface area contributed by atoms with E-state index in [1.54, 1.807) is 6.92 Å². The third-order valence-corrected chi connectivity index (χ3v) is 5.31. The zero-order valence-corrected chi connectivity index (χ0v) is 13.6. The number of benzene rings is 1. The number of sulfonamides is 1. The van der Waals surface area contributed by atoms with E-state index in [2.05, 4.69) is 4.72 Å². The molecule has 0 spiro atoms. The molecular formula is C13H16ClNO6S. The third-order valence-electron chi connectivity index (χ3n) is 3.38. The molecule has 0 radical (unpaired) electrons. The third kappa shape index (κ3) is 3.35. The minimum Gasteiger partial charge on any atom is -0.495 e. The van der Waals surface area contributed by atoms with Crippen LogP contribution in [-0.4, -0.2) is 45.4 Å². The average Bonchev–Trinajstić information content (AvgIpc) is 2.88. The van der Waals surface area contributed by atoms with E-state index in [4.69, 9.17) is 26.2 Å². The van der Waals surface area contributed by atoms with Crippen LogP contribution in [0, 0.1) is 6.92 Å². The first-order chi connectivity index (χ1) is 10.3. The Morgan fingerprint density at radius 3 is 2.77 bits per heavy atom. The Morgan fingerprint density at radius 1 is 1.50 bits per heavy atom. The summed E-state index contributed by atoms with van der Waals surface area (Å²) in [6.45, 7) is 1.79. The smallest absolute Gasteiger partial charge is 0.334 e. The maximum absolute atomic E-state index is 12.5. The second-order valence-corrected chi connectivity index (χ2v) is 6.99. The van der Waals surface area contributed by atoms with Crippen molar-refractivity contribution in [2.45, 2.75) is 30.4 Å². The molecule has 0 amide bonds. The maximum Gasteiger partial charge on any atom is 0.334 e. The minimum absolute atomic E-state index is 0.0191. The largest absolute Gasteiger partial charge is 0.495 e. The van der Waals surface area contributed by atoms with Crippen molar-refractivity contribution in [1.29, 1.82) is 0 Å². The van der Waals surface area contributed by atoms with Crippen molar-refractivity contribution in [3.8, 4) is 5.75 Å². The fourth-order valence-corrected chi connectivity index (χ4v) is 4.13. The van der Waals surface area contributed by atoms with E-state index in [0.717, 1.165) is 0 Å². The van der Waals surface area contributed by atoms with Gasteiger partial charge in [0.25, 0.3) is 0 Å². The topological polar surface area (TPSA) is 102 Å². The lowest BCUT2D eigenvalue weighted by molar-refractivity contribution is -0.147. The first kappa shape index (κ1) is 17.0. The number of ether oxygens (including phenoxy) is 2. The van der Waals surface area contributed by atoms with Crippen LogP contribution in [0.25, 0.3) is 0 Å². The number of halogens is 1. The van der Waals surface area contributed by atoms with Gasteiger partial charge in [-0.3, -0.25) is 0 Å². The lowest BCUT2D eigenvalue weighted by Crippen LogP contribution is -2.44. The minimum atomic E-state index is -3.92. The van der Waals surface area contributed by atoms with Gasteiger partial charge < -0.3 is 14.6 Å². The molecule has 1 heterocycles. The molecule has 0 aromatic heterocycles. The Labute approximate surface area is 133 Å². The van der Waals surface area contributed by atoms with Crippen molar-refractivity contribution in [1.82, 2.24) is 4.72 Å². The van der Waals surface area contributed by atoms with E-state index < -0.39 is 28.1 Å². The number of hydrogen-bond acceptors (Lipinski definition) is 5. The number of aliphatic carboxylic acids is 1. The fraction of sp³-hybridized carbons (Fsp3) is 0.462. The van der Waals surface area contributed by atoms with E-state index in [1.807, 2.05) is 0 Å². The highest BCUT2D eigenvalue weighted by molar-refractivity contribution is 7.89. The van der Waals surface area contributed by atoms with Crippen molar-refractivity contribution in [3.05, 3.63) is 22.7 Å². The van der Waals surface area contributed by atoms with Gasteiger partial charge in [0.1, 0.15) is 5.75 Å². The number of nitrogens with one attached hydrogen (secondary N) is 1. The number of carboxylic acid groups (broad SMARTS) is 1. The molecule has 22 heavy (non-hydrogen) atoms. The van der Waals surface area contributed by atoms with Crippen molar-refractivity contribution in [2.75, 3.05) is 13.7 Å². The molecule has 2 atom stereocenters. The molecule has 122 valence electrons. The summed E-state index contributed by atoms with van der Waals surface area (Å²) in [6.07, 6.45) is -0.900. The van der Waals surface area contributed by atoms with Crippen LogP contribution in [0.4, 0.5) is 0 Å². The maximum atomic E-state index is 12.5. The second kappa shape index (κ2) is 6.41. The number of hydrogen-bond donors (Lipinski definition) is 2. The van der Waals surface area contributed by atoms with E-state index in [1.165, 1.54) is 19.2 Å². The molecule has 0 bridgehead atoms. The van der Waals surface area contributed by atoms with Crippen molar-refractivity contribution in [3.63, 3.8) is 0 Å². The van der Waals surface area contributed by atoms with Gasteiger partial charge in [0.2, 0.25) is 10.0 Å². The molecule has 7 nitrogen and oxygen atoms in total. The van der Waals surface area contributed by atoms with Crippen LogP contribution in [0.5, 0.6) is 5.75 Å². The van der Waals surface area contributed by atoms with Gasteiger partial charge in [-0.2, -0.15) is 0 Å². The highest BCUT2D eigenvalue weighted by Gasteiger charge is 2.37. The number of rotatable bonds is 5. The summed E-state index contributed by atoms with van der Waals surface area (Å²) in [5, 5.41) is 9.18. The van der Waals surface area contributed by atoms with Gasteiger partial charge in [0.05, 0.1) is 23.1 Å². The molecule has 1 aliphatic rings. The highest BCUT2D eigenvalue weighted by atomic mass is 35.5. The molecular weight excluding hydrogens is 334 g/mol. The molecule has 1 fully saturated rings. The normalized spacial score (nSPS) is 21.8. The Hall–Kier alpha value is -1.35. The molecule has 0 unspecified atom stereocenters. The number of carbonyl (C=O) groups is 1. The van der Waals surface area contributed by atoms with Gasteiger partial charge in [0.15, 0.2) is 6.10 Å². The van der Waals surface area contributed by atoms with Crippen molar-refractivity contribution in [2.24, 2.45) is 0 Å². The van der Waals surface area contributed by atoms with Crippen molar-refractivity contribution >= 4 is 27.6 Å². The van der Waals surface area contributed by atoms with Crippen molar-refractivity contribution < 1.29 is 27.8 Å². The molecule has 1 aliphatic heterocycles. The Balaban J connectivity index is 2.31. The van der Waals surface area contributed by atoms with Gasteiger partial charge in [-0.25, -0.2) is 17.9 Å². The number of aryl methyl sites for hydroxylation is 1. The van der Waals surface area contributed by atoms with Crippen LogP contribution in [0.15, 0.2) is 17.0 Å². The van der Waals surface area contributed by atoms with E-state index in [9.17, 15) is 13.2 Å². The lowest BCUT2D eigenvalue weighted by Gasteiger charge is -2.18. The Kier molecular flexibility index (Phi) is 4.96. The average molecular weight is 350 g/mol. The molecule has 0 aliphatic carbocycles. The van der Waals surface area contributed by atoms with Crippen LogP contribution in [0.2, 0.25) is 5.02 Å². The van der Waals surface area contributed by atoms with Gasteiger partial charge in [-0.15, -0.1) is 0 Å². The summed E-state index contributed by atoms with van der Waals surface area (Å²) in [5.74, 6) is -0.833. The van der Waals surface area contributed by atoms with Gasteiger partial charge >= 0.3 is 5.97 Å². The summed E-state index contributed by atoms with van der Waals surface area (Å²) in [6, 6.07) is 1.98. The Bertz CT molecular complexity index is 690. The summed E-state index contributed by atoms with van der Waals surface area (Å²) >= 11 is 5.97. The van der Waals surface area contributed by atoms with E-state index in [-0.39, 0.29) is 16.5 Å². The second-order valence-electron chi connectivity index (χ2n) is 4.90. The summed E-state index contributed by atoms with van der Waals surface area (Å²) < 4.78 is 37.4. The quantitative estimate of drug-likeness (QED) is 0.827. The predicted molar refractivity (Wildman–Crippen MR) is 78.8 cm³/mol. The fourth-order valence-electron chi connectivity index (χ4n) is 2.30. The van der Waals surface area contributed by atoms with Crippen LogP contribution >= 0.6 is 11.6 Å². The van der Waals surface area contributed by atoms with Crippen LogP contribution in [0.1, 0.15) is 12.0 Å².